The van der Waals surface area contributed by atoms with E-state index in [1.807, 2.05) is 26.0 Å². The van der Waals surface area contributed by atoms with Gasteiger partial charge < -0.3 is 10.4 Å². The van der Waals surface area contributed by atoms with Crippen LogP contribution in [0.2, 0.25) is 0 Å². The third-order valence-corrected chi connectivity index (χ3v) is 2.49. The zero-order valence-electron chi connectivity index (χ0n) is 10.1. The minimum absolute atomic E-state index is 0.0271. The Morgan fingerprint density at radius 2 is 2.00 bits per heavy atom. The molecule has 2 heterocycles. The van der Waals surface area contributed by atoms with E-state index in [1.165, 1.54) is 12.3 Å². The van der Waals surface area contributed by atoms with E-state index < -0.39 is 5.97 Å². The Morgan fingerprint density at radius 3 is 2.56 bits per heavy atom. The van der Waals surface area contributed by atoms with Gasteiger partial charge in [0.05, 0.1) is 23.3 Å². The highest BCUT2D eigenvalue weighted by atomic mass is 16.4. The van der Waals surface area contributed by atoms with Crippen LogP contribution in [0.5, 0.6) is 0 Å². The average Bonchev–Trinajstić information content (AvgIpc) is 2.33. The number of aryl methyl sites for hydroxylation is 2. The van der Waals surface area contributed by atoms with Crippen LogP contribution in [-0.4, -0.2) is 21.0 Å². The Labute approximate surface area is 105 Å². The summed E-state index contributed by atoms with van der Waals surface area (Å²) in [6.45, 7) is 3.84. The lowest BCUT2D eigenvalue weighted by atomic mass is 10.2. The molecule has 2 aromatic heterocycles. The zero-order valence-corrected chi connectivity index (χ0v) is 10.1. The van der Waals surface area contributed by atoms with Crippen LogP contribution in [0, 0.1) is 13.8 Å². The molecule has 5 heteroatoms. The lowest BCUT2D eigenvalue weighted by Gasteiger charge is -2.09. The molecule has 0 atom stereocenters. The number of hydrogen-bond donors (Lipinski definition) is 2. The topological polar surface area (TPSA) is 75.1 Å². The Hall–Kier alpha value is -2.43. The Bertz CT molecular complexity index is 579. The van der Waals surface area contributed by atoms with Gasteiger partial charge in [0.15, 0.2) is 0 Å². The van der Waals surface area contributed by atoms with E-state index in [4.69, 9.17) is 5.11 Å². The monoisotopic (exact) mass is 243 g/mol. The highest BCUT2D eigenvalue weighted by Gasteiger charge is 2.05. The van der Waals surface area contributed by atoms with Crippen molar-refractivity contribution in [2.24, 2.45) is 0 Å². The third-order valence-electron chi connectivity index (χ3n) is 2.49. The SMILES string of the molecule is Cc1ccc(Nc2ccc(C(=O)O)nc2)c(C)n1. The van der Waals surface area contributed by atoms with Crippen LogP contribution in [0.3, 0.4) is 0 Å². The fourth-order valence-electron chi connectivity index (χ4n) is 1.57. The van der Waals surface area contributed by atoms with Gasteiger partial charge in [-0.2, -0.15) is 0 Å². The predicted octanol–water partition coefficient (Wildman–Crippen LogP) is 2.54. The second-order valence-corrected chi connectivity index (χ2v) is 3.95. The molecule has 0 amide bonds. The van der Waals surface area contributed by atoms with Crippen LogP contribution in [0.25, 0.3) is 0 Å². The molecule has 2 aromatic rings. The van der Waals surface area contributed by atoms with E-state index in [0.29, 0.717) is 0 Å². The van der Waals surface area contributed by atoms with Crippen LogP contribution in [0.1, 0.15) is 21.9 Å². The van der Waals surface area contributed by atoms with Crippen molar-refractivity contribution in [1.29, 1.82) is 0 Å². The van der Waals surface area contributed by atoms with Gasteiger partial charge in [-0.05, 0) is 38.1 Å². The molecular weight excluding hydrogens is 230 g/mol. The molecule has 0 fully saturated rings. The molecule has 92 valence electrons. The molecule has 0 radical (unpaired) electrons. The van der Waals surface area contributed by atoms with Gasteiger partial charge in [-0.3, -0.25) is 4.98 Å². The zero-order chi connectivity index (χ0) is 13.1. The van der Waals surface area contributed by atoms with Crippen molar-refractivity contribution in [3.05, 3.63) is 47.5 Å². The van der Waals surface area contributed by atoms with Crippen molar-refractivity contribution in [2.45, 2.75) is 13.8 Å². The number of aromatic nitrogens is 2. The molecule has 0 spiro atoms. The Morgan fingerprint density at radius 1 is 1.22 bits per heavy atom. The van der Waals surface area contributed by atoms with Gasteiger partial charge in [-0.25, -0.2) is 9.78 Å². The summed E-state index contributed by atoms with van der Waals surface area (Å²) < 4.78 is 0. The van der Waals surface area contributed by atoms with Crippen molar-refractivity contribution < 1.29 is 9.90 Å². The smallest absolute Gasteiger partial charge is 0.354 e. The number of carboxylic acid groups (broad SMARTS) is 1. The lowest BCUT2D eigenvalue weighted by Crippen LogP contribution is -2.01. The van der Waals surface area contributed by atoms with Crippen molar-refractivity contribution in [1.82, 2.24) is 9.97 Å². The van der Waals surface area contributed by atoms with Gasteiger partial charge in [-0.15, -0.1) is 0 Å². The van der Waals surface area contributed by atoms with E-state index in [-0.39, 0.29) is 5.69 Å². The van der Waals surface area contributed by atoms with Gasteiger partial charge in [0.2, 0.25) is 0 Å². The summed E-state index contributed by atoms with van der Waals surface area (Å²) in [6.07, 6.45) is 1.49. The fourth-order valence-corrected chi connectivity index (χ4v) is 1.57. The van der Waals surface area contributed by atoms with Gasteiger partial charge in [0.25, 0.3) is 0 Å². The van der Waals surface area contributed by atoms with E-state index in [9.17, 15) is 4.79 Å². The van der Waals surface area contributed by atoms with Crippen LogP contribution in [0.15, 0.2) is 30.5 Å². The van der Waals surface area contributed by atoms with E-state index >= 15 is 0 Å². The maximum atomic E-state index is 10.7. The number of nitrogens with zero attached hydrogens (tertiary/aromatic N) is 2. The van der Waals surface area contributed by atoms with Crippen molar-refractivity contribution in [3.63, 3.8) is 0 Å². The van der Waals surface area contributed by atoms with Crippen LogP contribution in [-0.2, 0) is 0 Å². The molecule has 0 unspecified atom stereocenters. The van der Waals surface area contributed by atoms with Gasteiger partial charge in [-0.1, -0.05) is 0 Å². The first-order valence-corrected chi connectivity index (χ1v) is 5.47. The highest BCUT2D eigenvalue weighted by Crippen LogP contribution is 2.18. The molecule has 0 aromatic carbocycles. The molecule has 18 heavy (non-hydrogen) atoms. The number of anilines is 2. The predicted molar refractivity (Wildman–Crippen MR) is 68.2 cm³/mol. The normalized spacial score (nSPS) is 10.1. The van der Waals surface area contributed by atoms with Crippen LogP contribution < -0.4 is 5.32 Å². The molecule has 0 bridgehead atoms. The maximum absolute atomic E-state index is 10.7. The minimum atomic E-state index is -1.03. The molecule has 0 aliphatic rings. The van der Waals surface area contributed by atoms with Crippen molar-refractivity contribution in [2.75, 3.05) is 5.32 Å². The van der Waals surface area contributed by atoms with Gasteiger partial charge in [0, 0.05) is 5.69 Å². The lowest BCUT2D eigenvalue weighted by molar-refractivity contribution is 0.0690. The molecule has 0 saturated carbocycles. The minimum Gasteiger partial charge on any atom is -0.477 e. The summed E-state index contributed by atoms with van der Waals surface area (Å²) in [7, 11) is 0. The second-order valence-electron chi connectivity index (χ2n) is 3.95. The van der Waals surface area contributed by atoms with Crippen molar-refractivity contribution in [3.8, 4) is 0 Å². The van der Waals surface area contributed by atoms with Crippen LogP contribution >= 0.6 is 0 Å². The van der Waals surface area contributed by atoms with Gasteiger partial charge in [0.1, 0.15) is 5.69 Å². The summed E-state index contributed by atoms with van der Waals surface area (Å²) in [4.78, 5) is 18.8. The van der Waals surface area contributed by atoms with E-state index in [1.54, 1.807) is 6.07 Å². The molecule has 5 nitrogen and oxygen atoms in total. The number of rotatable bonds is 3. The summed E-state index contributed by atoms with van der Waals surface area (Å²) in [5, 5.41) is 11.9. The largest absolute Gasteiger partial charge is 0.477 e. The van der Waals surface area contributed by atoms with Crippen molar-refractivity contribution >= 4 is 17.3 Å². The molecule has 2 N–H and O–H groups in total. The van der Waals surface area contributed by atoms with Crippen LogP contribution in [0.4, 0.5) is 11.4 Å². The molecular formula is C13H13N3O2. The molecule has 0 saturated heterocycles. The first-order chi connectivity index (χ1) is 8.56. The summed E-state index contributed by atoms with van der Waals surface area (Å²) in [5.41, 5.74) is 3.48. The quantitative estimate of drug-likeness (QED) is 0.866. The Kier molecular flexibility index (Phi) is 3.23. The third kappa shape index (κ3) is 2.63. The number of carboxylic acids is 1. The number of nitrogens with one attached hydrogen (secondary N) is 1. The Balaban J connectivity index is 2.21. The summed E-state index contributed by atoms with van der Waals surface area (Å²) in [6, 6.07) is 6.98. The highest BCUT2D eigenvalue weighted by molar-refractivity contribution is 5.85. The summed E-state index contributed by atoms with van der Waals surface area (Å²) >= 11 is 0. The first-order valence-electron chi connectivity index (χ1n) is 5.47. The maximum Gasteiger partial charge on any atom is 0.354 e. The van der Waals surface area contributed by atoms with E-state index in [2.05, 4.69) is 15.3 Å². The molecule has 2 rings (SSSR count). The number of aromatic carboxylic acids is 1. The van der Waals surface area contributed by atoms with Gasteiger partial charge >= 0.3 is 5.97 Å². The standard InChI is InChI=1S/C13H13N3O2/c1-8-3-5-11(9(2)15-8)16-10-4-6-12(13(17)18)14-7-10/h3-7,16H,1-2H3,(H,17,18). The first kappa shape index (κ1) is 12.0. The molecule has 0 aliphatic carbocycles. The summed E-state index contributed by atoms with van der Waals surface area (Å²) in [5.74, 6) is -1.03. The molecule has 0 aliphatic heterocycles. The number of hydrogen-bond acceptors (Lipinski definition) is 4. The second kappa shape index (κ2) is 4.83. The fraction of sp³-hybridized carbons (Fsp3) is 0.154. The number of pyridine rings is 2. The average molecular weight is 243 g/mol. The number of carbonyl (C=O) groups is 1. The van der Waals surface area contributed by atoms with E-state index in [0.717, 1.165) is 22.8 Å².